The molecule has 3 atom stereocenters. The first-order valence-corrected chi connectivity index (χ1v) is 14.6. The number of nitrogens with zero attached hydrogens (tertiary/aromatic N) is 1. The van der Waals surface area contributed by atoms with Crippen LogP contribution in [-0.2, 0) is 11.2 Å². The summed E-state index contributed by atoms with van der Waals surface area (Å²) >= 11 is 0. The van der Waals surface area contributed by atoms with E-state index >= 15 is 0 Å². The molecule has 0 radical (unpaired) electrons. The first-order chi connectivity index (χ1) is 16.9. The fourth-order valence-corrected chi connectivity index (χ4v) is 5.35. The second-order valence-electron chi connectivity index (χ2n) is 12.6. The first kappa shape index (κ1) is 30.5. The summed E-state index contributed by atoms with van der Waals surface area (Å²) in [5.41, 5.74) is 3.31. The lowest BCUT2D eigenvalue weighted by Crippen LogP contribution is -2.37. The molecule has 0 saturated carbocycles. The molecular weight excluding hydrogens is 446 g/mol. The number of benzene rings is 1. The predicted octanol–water partition coefficient (Wildman–Crippen LogP) is 8.29. The van der Waals surface area contributed by atoms with Crippen LogP contribution in [0.25, 0.3) is 0 Å². The Kier molecular flexibility index (Phi) is 12.1. The Morgan fingerprint density at radius 3 is 2.14 bits per heavy atom. The van der Waals surface area contributed by atoms with Crippen LogP contribution in [0.1, 0.15) is 116 Å². The zero-order valence-electron chi connectivity index (χ0n) is 25.0. The molecule has 4 nitrogen and oxygen atoms in total. The van der Waals surface area contributed by atoms with E-state index < -0.39 is 0 Å². The summed E-state index contributed by atoms with van der Waals surface area (Å²) < 4.78 is 12.5. The number of likely N-dealkylation sites (N-methyl/N-ethyl adjacent to an activating group) is 1. The zero-order chi connectivity index (χ0) is 26.9. The standard InChI is InChI=1S/C32H55NO3/c1-23(2)13-10-14-24(3)15-11-16-25(4)17-12-19-32(7)20-18-28-21-29(35-22-30(34)33(8)9)26(5)27(6)31(28)36-32/h21,23-25H,10-20,22H2,1-9H3. The highest BCUT2D eigenvalue weighted by atomic mass is 16.5. The lowest BCUT2D eigenvalue weighted by atomic mass is 9.85. The summed E-state index contributed by atoms with van der Waals surface area (Å²) in [6.07, 6.45) is 13.9. The smallest absolute Gasteiger partial charge is 0.259 e. The van der Waals surface area contributed by atoms with E-state index in [-0.39, 0.29) is 18.1 Å². The minimum absolute atomic E-state index is 0.0287. The lowest BCUT2D eigenvalue weighted by molar-refractivity contribution is -0.130. The highest BCUT2D eigenvalue weighted by Gasteiger charge is 2.33. The van der Waals surface area contributed by atoms with Crippen LogP contribution in [0.15, 0.2) is 6.07 Å². The van der Waals surface area contributed by atoms with Gasteiger partial charge in [-0.05, 0) is 87.0 Å². The Morgan fingerprint density at radius 1 is 0.972 bits per heavy atom. The van der Waals surface area contributed by atoms with E-state index in [1.165, 1.54) is 56.9 Å². The van der Waals surface area contributed by atoms with Gasteiger partial charge in [0.15, 0.2) is 6.61 Å². The number of hydrogen-bond acceptors (Lipinski definition) is 3. The Bertz CT molecular complexity index is 831. The number of carbonyl (C=O) groups excluding carboxylic acids is 1. The zero-order valence-corrected chi connectivity index (χ0v) is 25.0. The van der Waals surface area contributed by atoms with Crippen molar-refractivity contribution >= 4 is 5.91 Å². The minimum atomic E-state index is -0.0991. The highest BCUT2D eigenvalue weighted by molar-refractivity contribution is 5.77. The van der Waals surface area contributed by atoms with Crippen molar-refractivity contribution in [3.05, 3.63) is 22.8 Å². The van der Waals surface area contributed by atoms with Crippen molar-refractivity contribution in [2.24, 2.45) is 17.8 Å². The largest absolute Gasteiger partial charge is 0.487 e. The number of hydrogen-bond donors (Lipinski definition) is 0. The first-order valence-electron chi connectivity index (χ1n) is 14.6. The van der Waals surface area contributed by atoms with Crippen molar-refractivity contribution in [1.29, 1.82) is 0 Å². The second kappa shape index (κ2) is 14.3. The van der Waals surface area contributed by atoms with E-state index in [1.54, 1.807) is 19.0 Å². The van der Waals surface area contributed by atoms with Crippen molar-refractivity contribution in [1.82, 2.24) is 4.90 Å². The third kappa shape index (κ3) is 9.63. The average molecular weight is 502 g/mol. The van der Waals surface area contributed by atoms with Gasteiger partial charge in [0, 0.05) is 14.1 Å². The van der Waals surface area contributed by atoms with Gasteiger partial charge < -0.3 is 14.4 Å². The van der Waals surface area contributed by atoms with Gasteiger partial charge in [0.1, 0.15) is 17.1 Å². The van der Waals surface area contributed by atoms with Gasteiger partial charge in [0.2, 0.25) is 0 Å². The van der Waals surface area contributed by atoms with E-state index in [0.717, 1.165) is 59.6 Å². The van der Waals surface area contributed by atoms with Gasteiger partial charge in [-0.2, -0.15) is 0 Å². The quantitative estimate of drug-likeness (QED) is 0.243. The van der Waals surface area contributed by atoms with Crippen molar-refractivity contribution in [2.75, 3.05) is 20.7 Å². The molecule has 0 N–H and O–H groups in total. The third-order valence-corrected chi connectivity index (χ3v) is 8.27. The van der Waals surface area contributed by atoms with Crippen LogP contribution in [0.3, 0.4) is 0 Å². The molecule has 0 fully saturated rings. The van der Waals surface area contributed by atoms with E-state index in [9.17, 15) is 4.79 Å². The van der Waals surface area contributed by atoms with E-state index in [1.807, 2.05) is 0 Å². The van der Waals surface area contributed by atoms with Gasteiger partial charge in [0.25, 0.3) is 5.91 Å². The molecule has 206 valence electrons. The second-order valence-corrected chi connectivity index (χ2v) is 12.6. The normalized spacial score (nSPS) is 18.9. The Balaban J connectivity index is 1.79. The molecule has 4 heteroatoms. The van der Waals surface area contributed by atoms with Gasteiger partial charge in [0.05, 0.1) is 0 Å². The van der Waals surface area contributed by atoms with Crippen molar-refractivity contribution in [3.63, 3.8) is 0 Å². The molecule has 1 aromatic rings. The van der Waals surface area contributed by atoms with E-state index in [2.05, 4.69) is 54.5 Å². The van der Waals surface area contributed by atoms with Crippen LogP contribution in [0, 0.1) is 31.6 Å². The average Bonchev–Trinajstić information content (AvgIpc) is 2.80. The van der Waals surface area contributed by atoms with Gasteiger partial charge in [-0.15, -0.1) is 0 Å². The number of carbonyl (C=O) groups is 1. The molecule has 36 heavy (non-hydrogen) atoms. The molecule has 1 amide bonds. The summed E-state index contributed by atoms with van der Waals surface area (Å²) in [5.74, 6) is 4.31. The highest BCUT2D eigenvalue weighted by Crippen LogP contribution is 2.42. The summed E-state index contributed by atoms with van der Waals surface area (Å²) in [6, 6.07) is 2.09. The van der Waals surface area contributed by atoms with Crippen molar-refractivity contribution in [3.8, 4) is 11.5 Å². The van der Waals surface area contributed by atoms with Gasteiger partial charge in [-0.3, -0.25) is 4.79 Å². The molecule has 0 aromatic heterocycles. The molecule has 0 bridgehead atoms. The predicted molar refractivity (Wildman–Crippen MR) is 152 cm³/mol. The maximum atomic E-state index is 12.0. The van der Waals surface area contributed by atoms with E-state index in [4.69, 9.17) is 9.47 Å². The molecule has 1 aliphatic heterocycles. The van der Waals surface area contributed by atoms with Crippen molar-refractivity contribution in [2.45, 2.75) is 125 Å². The van der Waals surface area contributed by atoms with Gasteiger partial charge in [-0.25, -0.2) is 0 Å². The molecular formula is C32H55NO3. The molecule has 1 heterocycles. The lowest BCUT2D eigenvalue weighted by Gasteiger charge is -2.37. The number of ether oxygens (including phenoxy) is 2. The minimum Gasteiger partial charge on any atom is -0.487 e. The molecule has 0 spiro atoms. The summed E-state index contributed by atoms with van der Waals surface area (Å²) in [4.78, 5) is 13.5. The summed E-state index contributed by atoms with van der Waals surface area (Å²) in [5, 5.41) is 0. The number of amides is 1. The molecule has 1 aliphatic rings. The third-order valence-electron chi connectivity index (χ3n) is 8.27. The van der Waals surface area contributed by atoms with Crippen LogP contribution >= 0.6 is 0 Å². The Hall–Kier alpha value is -1.71. The SMILES string of the molecule is Cc1c(OCC(=O)N(C)C)cc2c(c1C)OC(C)(CCCC(C)CCCC(C)CCCC(C)C)CC2. The van der Waals surface area contributed by atoms with Crippen LogP contribution < -0.4 is 9.47 Å². The van der Waals surface area contributed by atoms with Gasteiger partial charge in [-0.1, -0.05) is 72.6 Å². The number of aryl methyl sites for hydroxylation is 1. The molecule has 0 saturated heterocycles. The number of fused-ring (bicyclic) bond motifs is 1. The van der Waals surface area contributed by atoms with Crippen molar-refractivity contribution < 1.29 is 14.3 Å². The van der Waals surface area contributed by atoms with Crippen LogP contribution in [0.5, 0.6) is 11.5 Å². The molecule has 1 aromatic carbocycles. The number of rotatable bonds is 15. The molecule has 0 aliphatic carbocycles. The summed E-state index contributed by atoms with van der Waals surface area (Å²) in [6.45, 7) is 16.1. The molecule has 3 unspecified atom stereocenters. The van der Waals surface area contributed by atoms with Crippen LogP contribution in [-0.4, -0.2) is 37.1 Å². The summed E-state index contributed by atoms with van der Waals surface area (Å²) in [7, 11) is 3.50. The Labute approximate surface area is 222 Å². The fraction of sp³-hybridized carbons (Fsp3) is 0.781. The fourth-order valence-electron chi connectivity index (χ4n) is 5.35. The van der Waals surface area contributed by atoms with Gasteiger partial charge >= 0.3 is 0 Å². The molecule has 2 rings (SSSR count). The maximum Gasteiger partial charge on any atom is 0.259 e. The monoisotopic (exact) mass is 501 g/mol. The van der Waals surface area contributed by atoms with Crippen LogP contribution in [0.2, 0.25) is 0 Å². The van der Waals surface area contributed by atoms with E-state index in [0.29, 0.717) is 0 Å². The Morgan fingerprint density at radius 2 is 1.56 bits per heavy atom. The van der Waals surface area contributed by atoms with Crippen LogP contribution in [0.4, 0.5) is 0 Å². The maximum absolute atomic E-state index is 12.0. The topological polar surface area (TPSA) is 38.8 Å².